The van der Waals surface area contributed by atoms with Gasteiger partial charge in [0.25, 0.3) is 0 Å². The van der Waals surface area contributed by atoms with Crippen LogP contribution < -0.4 is 0 Å². The second-order valence-electron chi connectivity index (χ2n) is 14.1. The van der Waals surface area contributed by atoms with Crippen molar-refractivity contribution in [3.8, 4) is 0 Å². The van der Waals surface area contributed by atoms with Crippen molar-refractivity contribution in [3.63, 3.8) is 0 Å². The fraction of sp³-hybridized carbons (Fsp3) is 0.297. The predicted molar refractivity (Wildman–Crippen MR) is 197 cm³/mol. The van der Waals surface area contributed by atoms with E-state index in [2.05, 4.69) is 0 Å². The molecular formula is C37H31BF12N2O5S3. The molecule has 1 aliphatic heterocycles. The Morgan fingerprint density at radius 3 is 1.12 bits per heavy atom. The van der Waals surface area contributed by atoms with Crippen molar-refractivity contribution in [2.45, 2.75) is 79.0 Å². The summed E-state index contributed by atoms with van der Waals surface area (Å²) in [4.78, 5) is -3.32. The van der Waals surface area contributed by atoms with Crippen molar-refractivity contribution < 1.29 is 74.2 Å². The van der Waals surface area contributed by atoms with Gasteiger partial charge in [0.05, 0.1) is 44.1 Å². The third-order valence-electron chi connectivity index (χ3n) is 8.70. The first-order valence-electron chi connectivity index (χ1n) is 17.2. The van der Waals surface area contributed by atoms with Crippen molar-refractivity contribution in [1.82, 2.24) is 8.43 Å². The Hall–Kier alpha value is -4.19. The number of allylic oxidation sites excluding steroid dienone is 1. The Balaban J connectivity index is 1.97. The van der Waals surface area contributed by atoms with Gasteiger partial charge in [-0.05, 0) is 60.5 Å². The van der Waals surface area contributed by atoms with Gasteiger partial charge in [-0.3, -0.25) is 0 Å². The summed E-state index contributed by atoms with van der Waals surface area (Å²) in [5.74, 6) is 0. The van der Waals surface area contributed by atoms with E-state index in [-0.39, 0.29) is 61.0 Å². The summed E-state index contributed by atoms with van der Waals surface area (Å²) < 4.78 is 236. The van der Waals surface area contributed by atoms with E-state index in [0.717, 1.165) is 11.8 Å². The van der Waals surface area contributed by atoms with E-state index in [4.69, 9.17) is 4.65 Å². The van der Waals surface area contributed by atoms with Gasteiger partial charge in [0, 0.05) is 4.75 Å². The SMILES string of the molecule is C/C=C(/OB1N(S(=O)(=O)c2cc(C(F)(F)F)cc(C(F)(F)F)c2)[C@@H](c2ccccc2)[C@H](c2ccccc2)N1S(=O)(=O)c1cc(C(F)(F)F)cc(C(F)(F)F)c1)SC(C)(C)C. The zero-order valence-corrected chi connectivity index (χ0v) is 33.7. The van der Waals surface area contributed by atoms with Crippen molar-refractivity contribution in [2.24, 2.45) is 0 Å². The van der Waals surface area contributed by atoms with Crippen LogP contribution in [0.2, 0.25) is 0 Å². The van der Waals surface area contributed by atoms with E-state index >= 15 is 16.8 Å². The van der Waals surface area contributed by atoms with Crippen molar-refractivity contribution in [1.29, 1.82) is 0 Å². The van der Waals surface area contributed by atoms with E-state index in [1.54, 1.807) is 20.8 Å². The number of thioether (sulfide) groups is 1. The molecule has 0 spiro atoms. The maximum Gasteiger partial charge on any atom is 0.578 e. The van der Waals surface area contributed by atoms with Crippen LogP contribution in [-0.4, -0.2) is 37.2 Å². The first-order chi connectivity index (χ1) is 27.4. The molecule has 4 aromatic carbocycles. The van der Waals surface area contributed by atoms with Crippen molar-refractivity contribution in [3.05, 3.63) is 142 Å². The Bertz CT molecular complexity index is 2240. The quantitative estimate of drug-likeness (QED) is 0.0945. The monoisotopic (exact) mass is 918 g/mol. The molecule has 5 rings (SSSR count). The summed E-state index contributed by atoms with van der Waals surface area (Å²) in [6.07, 6.45) is -21.1. The molecule has 4 aromatic rings. The van der Waals surface area contributed by atoms with Crippen LogP contribution >= 0.6 is 11.8 Å². The molecule has 2 atom stereocenters. The van der Waals surface area contributed by atoms with Gasteiger partial charge in [-0.2, -0.15) is 61.1 Å². The van der Waals surface area contributed by atoms with Gasteiger partial charge in [0.2, 0.25) is 20.0 Å². The Morgan fingerprint density at radius 2 is 0.867 bits per heavy atom. The van der Waals surface area contributed by atoms with Gasteiger partial charge in [-0.1, -0.05) is 93.2 Å². The lowest BCUT2D eigenvalue weighted by Crippen LogP contribution is -2.51. The lowest BCUT2D eigenvalue weighted by Gasteiger charge is -2.30. The molecular weight excluding hydrogens is 887 g/mol. The minimum absolute atomic E-state index is 0.124. The molecule has 7 nitrogen and oxygen atoms in total. The molecule has 1 aliphatic rings. The highest BCUT2D eigenvalue weighted by molar-refractivity contribution is 8.04. The van der Waals surface area contributed by atoms with E-state index in [1.165, 1.54) is 73.7 Å². The van der Waals surface area contributed by atoms with Crippen LogP contribution in [0.15, 0.2) is 118 Å². The van der Waals surface area contributed by atoms with E-state index < -0.39 is 101 Å². The van der Waals surface area contributed by atoms with Gasteiger partial charge in [-0.15, -0.1) is 0 Å². The summed E-state index contributed by atoms with van der Waals surface area (Å²) in [6.45, 7) is 6.17. The fourth-order valence-electron chi connectivity index (χ4n) is 6.22. The standard InChI is InChI=1S/C37H31BF12N2O5S3/c1-5-30(58-33(2,3)4)57-38-51(59(53,54)28-18-24(34(39,40)41)16-25(19-28)35(42,43)44)31(22-12-8-6-9-13-22)32(23-14-10-7-11-15-23)52(38)60(55,56)29-20-26(36(45,46)47)17-27(21-29)37(48,49)50/h5-21,31-32H,1-4H3/b30-5-/t31-,32-/m0/s1. The molecule has 60 heavy (non-hydrogen) atoms. The minimum atomic E-state index is -5.92. The van der Waals surface area contributed by atoms with Gasteiger partial charge >= 0.3 is 31.9 Å². The number of alkyl halides is 12. The van der Waals surface area contributed by atoms with Crippen LogP contribution in [0.5, 0.6) is 0 Å². The molecule has 0 saturated carbocycles. The molecule has 324 valence electrons. The Labute approximate surface area is 341 Å². The molecule has 0 amide bonds. The zero-order valence-electron chi connectivity index (χ0n) is 31.2. The maximum atomic E-state index is 15.1. The number of sulfonamides is 2. The summed E-state index contributed by atoms with van der Waals surface area (Å²) in [5, 5.41) is -0.312. The topological polar surface area (TPSA) is 84.0 Å². The lowest BCUT2D eigenvalue weighted by molar-refractivity contribution is -0.145. The highest BCUT2D eigenvalue weighted by Crippen LogP contribution is 2.53. The Morgan fingerprint density at radius 1 is 0.567 bits per heavy atom. The van der Waals surface area contributed by atoms with Gasteiger partial charge in [0.1, 0.15) is 5.09 Å². The van der Waals surface area contributed by atoms with Gasteiger partial charge < -0.3 is 4.65 Å². The summed E-state index contributed by atoms with van der Waals surface area (Å²) >= 11 is 0.824. The second kappa shape index (κ2) is 16.3. The normalized spacial score (nSPS) is 18.3. The van der Waals surface area contributed by atoms with Crippen LogP contribution in [-0.2, 0) is 49.4 Å². The number of rotatable bonds is 9. The first kappa shape index (κ1) is 46.9. The molecule has 0 aromatic heterocycles. The van der Waals surface area contributed by atoms with Crippen molar-refractivity contribution >= 4 is 39.0 Å². The van der Waals surface area contributed by atoms with E-state index in [1.807, 2.05) is 0 Å². The Kier molecular flexibility index (Phi) is 12.7. The average Bonchev–Trinajstić information content (AvgIpc) is 3.49. The average molecular weight is 919 g/mol. The summed E-state index contributed by atoms with van der Waals surface area (Å²) in [7, 11) is -14.6. The van der Waals surface area contributed by atoms with E-state index in [0.29, 0.717) is 0 Å². The molecule has 1 saturated heterocycles. The number of hydrogen-bond donors (Lipinski definition) is 0. The number of benzene rings is 4. The molecule has 1 heterocycles. The largest absolute Gasteiger partial charge is 0.578 e. The third kappa shape index (κ3) is 9.95. The second-order valence-corrected chi connectivity index (χ2v) is 19.6. The minimum Gasteiger partial charge on any atom is -0.527 e. The first-order valence-corrected chi connectivity index (χ1v) is 20.8. The third-order valence-corrected chi connectivity index (χ3v) is 13.4. The smallest absolute Gasteiger partial charge is 0.527 e. The highest BCUT2D eigenvalue weighted by Gasteiger charge is 2.64. The molecule has 1 fully saturated rings. The van der Waals surface area contributed by atoms with Crippen LogP contribution in [0.4, 0.5) is 52.7 Å². The number of nitrogens with zero attached hydrogens (tertiary/aromatic N) is 2. The van der Waals surface area contributed by atoms with E-state index in [9.17, 15) is 52.7 Å². The van der Waals surface area contributed by atoms with Gasteiger partial charge in [0.15, 0.2) is 0 Å². The summed E-state index contributed by atoms with van der Waals surface area (Å²) in [6, 6.07) is 7.68. The number of hydrogen-bond acceptors (Lipinski definition) is 6. The maximum absolute atomic E-state index is 15.1. The van der Waals surface area contributed by atoms with Crippen LogP contribution in [0, 0.1) is 0 Å². The van der Waals surface area contributed by atoms with Gasteiger partial charge in [-0.25, -0.2) is 16.8 Å². The lowest BCUT2D eigenvalue weighted by atomic mass is 9.95. The van der Waals surface area contributed by atoms with Crippen LogP contribution in [0.25, 0.3) is 0 Å². The summed E-state index contributed by atoms with van der Waals surface area (Å²) in [5.41, 5.74) is -8.64. The fourth-order valence-corrected chi connectivity index (χ4v) is 10.6. The highest BCUT2D eigenvalue weighted by atomic mass is 32.2. The number of halogens is 12. The molecule has 0 radical (unpaired) electrons. The zero-order chi connectivity index (χ0) is 45.0. The van der Waals surface area contributed by atoms with Crippen LogP contribution in [0.3, 0.4) is 0 Å². The molecule has 23 heteroatoms. The predicted octanol–water partition coefficient (Wildman–Crippen LogP) is 11.3. The van der Waals surface area contributed by atoms with Crippen molar-refractivity contribution in [2.75, 3.05) is 0 Å². The molecule has 0 bridgehead atoms. The molecule has 0 N–H and O–H groups in total. The molecule has 0 aliphatic carbocycles. The van der Waals surface area contributed by atoms with Crippen LogP contribution in [0.1, 0.15) is 73.2 Å². The molecule has 0 unspecified atom stereocenters.